The molecule has 3 N–H and O–H groups in total. The Hall–Kier alpha value is -0.800. The van der Waals surface area contributed by atoms with Crippen LogP contribution in [0.15, 0.2) is 23.0 Å². The Balaban J connectivity index is 2.16. The summed E-state index contributed by atoms with van der Waals surface area (Å²) in [4.78, 5) is 0. The maximum absolute atomic E-state index is 10.0. The zero-order chi connectivity index (χ0) is 9.31. The van der Waals surface area contributed by atoms with Gasteiger partial charge < -0.3 is 15.3 Å². The molecule has 1 aliphatic carbocycles. The first kappa shape index (κ1) is 8.78. The van der Waals surface area contributed by atoms with Gasteiger partial charge in [0.1, 0.15) is 0 Å². The first-order chi connectivity index (χ1) is 6.28. The van der Waals surface area contributed by atoms with Crippen LogP contribution < -0.4 is 5.73 Å². The molecule has 3 heteroatoms. The maximum atomic E-state index is 10.0. The van der Waals surface area contributed by atoms with Crippen molar-refractivity contribution < 1.29 is 9.52 Å². The third-order valence-corrected chi connectivity index (χ3v) is 3.19. The van der Waals surface area contributed by atoms with E-state index in [9.17, 15) is 5.11 Å². The Morgan fingerprint density at radius 1 is 1.62 bits per heavy atom. The van der Waals surface area contributed by atoms with Crippen LogP contribution in [0.5, 0.6) is 0 Å². The molecule has 0 aromatic carbocycles. The van der Waals surface area contributed by atoms with E-state index in [4.69, 9.17) is 10.2 Å². The summed E-state index contributed by atoms with van der Waals surface area (Å²) in [6.07, 6.45) is 5.95. The molecule has 0 radical (unpaired) electrons. The van der Waals surface area contributed by atoms with Gasteiger partial charge in [0.2, 0.25) is 0 Å². The summed E-state index contributed by atoms with van der Waals surface area (Å²) in [5, 5.41) is 10.0. The van der Waals surface area contributed by atoms with Crippen molar-refractivity contribution >= 4 is 0 Å². The van der Waals surface area contributed by atoms with Crippen LogP contribution in [0.2, 0.25) is 0 Å². The summed E-state index contributed by atoms with van der Waals surface area (Å²) in [5.74, 6) is 0. The van der Waals surface area contributed by atoms with Gasteiger partial charge in [0.25, 0.3) is 0 Å². The van der Waals surface area contributed by atoms with Crippen LogP contribution in [0.1, 0.15) is 30.9 Å². The smallest absolute Gasteiger partial charge is 0.0960 e. The largest absolute Gasteiger partial charge is 0.472 e. The van der Waals surface area contributed by atoms with E-state index < -0.39 is 6.10 Å². The molecule has 0 bridgehead atoms. The van der Waals surface area contributed by atoms with E-state index in [1.807, 2.05) is 0 Å². The van der Waals surface area contributed by atoms with Crippen molar-refractivity contribution in [2.24, 2.45) is 11.1 Å². The normalized spacial score (nSPS) is 22.3. The molecule has 1 aromatic heterocycles. The number of hydrogen-bond acceptors (Lipinski definition) is 3. The van der Waals surface area contributed by atoms with Crippen LogP contribution in [0.25, 0.3) is 0 Å². The second kappa shape index (κ2) is 3.16. The van der Waals surface area contributed by atoms with Crippen LogP contribution in [0, 0.1) is 5.41 Å². The topological polar surface area (TPSA) is 59.4 Å². The lowest BCUT2D eigenvalue weighted by molar-refractivity contribution is -0.0299. The minimum absolute atomic E-state index is 0.0795. The second-order valence-corrected chi connectivity index (χ2v) is 3.88. The lowest BCUT2D eigenvalue weighted by Crippen LogP contribution is -2.42. The Morgan fingerprint density at radius 3 is 2.77 bits per heavy atom. The van der Waals surface area contributed by atoms with Crippen LogP contribution >= 0.6 is 0 Å². The molecule has 1 fully saturated rings. The Labute approximate surface area is 77.5 Å². The fourth-order valence-corrected chi connectivity index (χ4v) is 2.00. The van der Waals surface area contributed by atoms with E-state index in [1.54, 1.807) is 18.6 Å². The number of rotatable bonds is 3. The predicted octanol–water partition coefficient (Wildman–Crippen LogP) is 1.44. The molecular weight excluding hydrogens is 166 g/mol. The van der Waals surface area contributed by atoms with Crippen molar-refractivity contribution in [3.05, 3.63) is 24.2 Å². The molecule has 3 nitrogen and oxygen atoms in total. The molecule has 2 rings (SSSR count). The highest BCUT2D eigenvalue weighted by atomic mass is 16.3. The van der Waals surface area contributed by atoms with Crippen LogP contribution in [0.4, 0.5) is 0 Å². The number of nitrogens with two attached hydrogens (primary N) is 1. The molecule has 72 valence electrons. The number of hydrogen-bond donors (Lipinski definition) is 2. The number of aliphatic hydroxyl groups is 1. The van der Waals surface area contributed by atoms with E-state index in [0.717, 1.165) is 18.4 Å². The van der Waals surface area contributed by atoms with Gasteiger partial charge in [-0.3, -0.25) is 0 Å². The van der Waals surface area contributed by atoms with Crippen LogP contribution in [-0.2, 0) is 0 Å². The van der Waals surface area contributed by atoms with Gasteiger partial charge in [0.05, 0.1) is 18.6 Å². The summed E-state index contributed by atoms with van der Waals surface area (Å²) in [5.41, 5.74) is 6.46. The van der Waals surface area contributed by atoms with Crippen LogP contribution in [-0.4, -0.2) is 11.7 Å². The lowest BCUT2D eigenvalue weighted by Gasteiger charge is -2.44. The fourth-order valence-electron chi connectivity index (χ4n) is 2.00. The fraction of sp³-hybridized carbons (Fsp3) is 0.600. The predicted molar refractivity (Wildman–Crippen MR) is 49.0 cm³/mol. The SMILES string of the molecule is NCC1(C(O)c2ccoc2)CCC1. The molecule has 1 aromatic rings. The van der Waals surface area contributed by atoms with Gasteiger partial charge in [0.15, 0.2) is 0 Å². The lowest BCUT2D eigenvalue weighted by atomic mass is 9.64. The number of furan rings is 1. The monoisotopic (exact) mass is 181 g/mol. The second-order valence-electron chi connectivity index (χ2n) is 3.88. The van der Waals surface area contributed by atoms with Crippen molar-refractivity contribution in [1.29, 1.82) is 0 Å². The van der Waals surface area contributed by atoms with Gasteiger partial charge in [-0.2, -0.15) is 0 Å². The molecule has 1 aliphatic rings. The Bertz CT molecular complexity index is 259. The maximum Gasteiger partial charge on any atom is 0.0960 e. The molecule has 0 spiro atoms. The highest BCUT2D eigenvalue weighted by Gasteiger charge is 2.43. The highest BCUT2D eigenvalue weighted by Crippen LogP contribution is 2.49. The van der Waals surface area contributed by atoms with E-state index in [2.05, 4.69) is 0 Å². The van der Waals surface area contributed by atoms with Crippen molar-refractivity contribution in [3.8, 4) is 0 Å². The molecule has 1 unspecified atom stereocenters. The first-order valence-electron chi connectivity index (χ1n) is 4.69. The average Bonchev–Trinajstić information content (AvgIpc) is 2.54. The van der Waals surface area contributed by atoms with Gasteiger partial charge in [-0.15, -0.1) is 0 Å². The van der Waals surface area contributed by atoms with Crippen molar-refractivity contribution in [2.75, 3.05) is 6.54 Å². The summed E-state index contributed by atoms with van der Waals surface area (Å²) >= 11 is 0. The van der Waals surface area contributed by atoms with Crippen LogP contribution in [0.3, 0.4) is 0 Å². The van der Waals surface area contributed by atoms with Crippen molar-refractivity contribution in [2.45, 2.75) is 25.4 Å². The van der Waals surface area contributed by atoms with E-state index in [-0.39, 0.29) is 5.41 Å². The summed E-state index contributed by atoms with van der Waals surface area (Å²) in [6.45, 7) is 0.555. The van der Waals surface area contributed by atoms with E-state index in [1.165, 1.54) is 6.42 Å². The molecule has 0 amide bonds. The highest BCUT2D eigenvalue weighted by molar-refractivity contribution is 5.15. The third kappa shape index (κ3) is 1.28. The van der Waals surface area contributed by atoms with Gasteiger partial charge in [-0.25, -0.2) is 0 Å². The van der Waals surface area contributed by atoms with Crippen molar-refractivity contribution in [3.63, 3.8) is 0 Å². The summed E-state index contributed by atoms with van der Waals surface area (Å²) in [6, 6.07) is 1.81. The third-order valence-electron chi connectivity index (χ3n) is 3.19. The van der Waals surface area contributed by atoms with Gasteiger partial charge in [0, 0.05) is 17.5 Å². The van der Waals surface area contributed by atoms with E-state index >= 15 is 0 Å². The molecule has 1 heterocycles. The standard InChI is InChI=1S/C10H15NO2/c11-7-10(3-1-4-10)9(12)8-2-5-13-6-8/h2,5-6,9,12H,1,3-4,7,11H2. The first-order valence-corrected chi connectivity index (χ1v) is 4.69. The zero-order valence-electron chi connectivity index (χ0n) is 7.57. The zero-order valence-corrected chi connectivity index (χ0v) is 7.57. The van der Waals surface area contributed by atoms with Gasteiger partial charge in [-0.1, -0.05) is 6.42 Å². The van der Waals surface area contributed by atoms with Gasteiger partial charge >= 0.3 is 0 Å². The molecule has 0 aliphatic heterocycles. The molecule has 1 saturated carbocycles. The quantitative estimate of drug-likeness (QED) is 0.741. The average molecular weight is 181 g/mol. The molecule has 1 atom stereocenters. The van der Waals surface area contributed by atoms with Crippen molar-refractivity contribution in [1.82, 2.24) is 0 Å². The minimum Gasteiger partial charge on any atom is -0.472 e. The minimum atomic E-state index is -0.454. The van der Waals surface area contributed by atoms with E-state index in [0.29, 0.717) is 6.54 Å². The number of aliphatic hydroxyl groups excluding tert-OH is 1. The summed E-state index contributed by atoms with van der Waals surface area (Å²) < 4.78 is 4.94. The Morgan fingerprint density at radius 2 is 2.38 bits per heavy atom. The molecular formula is C10H15NO2. The van der Waals surface area contributed by atoms with Gasteiger partial charge in [-0.05, 0) is 18.9 Å². The molecule has 13 heavy (non-hydrogen) atoms. The Kier molecular flexibility index (Phi) is 2.14. The molecule has 0 saturated heterocycles. The summed E-state index contributed by atoms with van der Waals surface area (Å²) in [7, 11) is 0.